The zero-order valence-corrected chi connectivity index (χ0v) is 24.8. The van der Waals surface area contributed by atoms with Crippen LogP contribution < -0.4 is 0 Å². The van der Waals surface area contributed by atoms with E-state index in [4.69, 9.17) is 16.7 Å². The third kappa shape index (κ3) is 8.84. The first-order valence-corrected chi connectivity index (χ1v) is 15.4. The van der Waals surface area contributed by atoms with Crippen LogP contribution in [0, 0.1) is 0 Å². The lowest BCUT2D eigenvalue weighted by Gasteiger charge is -2.23. The van der Waals surface area contributed by atoms with Gasteiger partial charge in [-0.15, -0.1) is 0 Å². The van der Waals surface area contributed by atoms with Gasteiger partial charge >= 0.3 is 11.9 Å². The highest BCUT2D eigenvalue weighted by atomic mass is 35.5. The van der Waals surface area contributed by atoms with Crippen LogP contribution in [0.25, 0.3) is 5.57 Å². The first kappa shape index (κ1) is 31.6. The van der Waals surface area contributed by atoms with E-state index in [2.05, 4.69) is 4.98 Å². The zero-order chi connectivity index (χ0) is 30.8. The van der Waals surface area contributed by atoms with Crippen molar-refractivity contribution in [3.05, 3.63) is 136 Å². The van der Waals surface area contributed by atoms with Gasteiger partial charge in [-0.05, 0) is 84.0 Å². The minimum Gasteiger partial charge on any atom is -0.481 e. The number of unbranched alkanes of at least 4 members (excludes halogenated alkanes) is 1. The minimum atomic E-state index is -3.89. The molecule has 3 aromatic carbocycles. The Morgan fingerprint density at radius 3 is 2.09 bits per heavy atom. The highest BCUT2D eigenvalue weighted by molar-refractivity contribution is 7.89. The van der Waals surface area contributed by atoms with Gasteiger partial charge in [-0.1, -0.05) is 60.1 Å². The number of rotatable bonds is 14. The minimum absolute atomic E-state index is 0.0627. The molecule has 8 nitrogen and oxygen atoms in total. The molecule has 0 atom stereocenters. The van der Waals surface area contributed by atoms with Crippen LogP contribution in [0.3, 0.4) is 0 Å². The lowest BCUT2D eigenvalue weighted by atomic mass is 9.96. The quantitative estimate of drug-likeness (QED) is 0.153. The highest BCUT2D eigenvalue weighted by Crippen LogP contribution is 2.26. The Kier molecular flexibility index (Phi) is 10.8. The maximum Gasteiger partial charge on any atom is 0.335 e. The fourth-order valence-corrected chi connectivity index (χ4v) is 6.08. The molecule has 0 spiro atoms. The first-order chi connectivity index (χ1) is 20.6. The Balaban J connectivity index is 1.55. The number of pyridine rings is 1. The Bertz CT molecular complexity index is 1670. The van der Waals surface area contributed by atoms with Crippen molar-refractivity contribution in [3.63, 3.8) is 0 Å². The van der Waals surface area contributed by atoms with Gasteiger partial charge in [0.05, 0.1) is 10.5 Å². The van der Waals surface area contributed by atoms with Crippen molar-refractivity contribution in [1.82, 2.24) is 9.29 Å². The predicted molar refractivity (Wildman–Crippen MR) is 165 cm³/mol. The van der Waals surface area contributed by atoms with Gasteiger partial charge in [0.15, 0.2) is 0 Å². The number of carbonyl (C=O) groups is 2. The topological polar surface area (TPSA) is 125 Å². The number of aliphatic carboxylic acids is 1. The second-order valence-electron chi connectivity index (χ2n) is 9.89. The molecule has 0 saturated carbocycles. The smallest absolute Gasteiger partial charge is 0.335 e. The van der Waals surface area contributed by atoms with Gasteiger partial charge in [-0.25, -0.2) is 13.2 Å². The van der Waals surface area contributed by atoms with E-state index in [9.17, 15) is 23.1 Å². The van der Waals surface area contributed by atoms with E-state index in [0.717, 1.165) is 22.3 Å². The molecule has 1 aromatic heterocycles. The molecule has 0 unspecified atom stereocenters. The van der Waals surface area contributed by atoms with E-state index >= 15 is 0 Å². The number of allylic oxidation sites excluding steroid dienone is 1. The van der Waals surface area contributed by atoms with Gasteiger partial charge in [-0.3, -0.25) is 9.78 Å². The molecule has 0 radical (unpaired) electrons. The molecule has 0 aliphatic carbocycles. The fourth-order valence-electron chi connectivity index (χ4n) is 4.53. The largest absolute Gasteiger partial charge is 0.481 e. The lowest BCUT2D eigenvalue weighted by Crippen LogP contribution is -2.32. The molecule has 0 amide bonds. The van der Waals surface area contributed by atoms with Crippen LogP contribution in [0.4, 0.5) is 0 Å². The van der Waals surface area contributed by atoms with Crippen molar-refractivity contribution in [2.75, 3.05) is 6.54 Å². The van der Waals surface area contributed by atoms with E-state index < -0.39 is 22.0 Å². The molecule has 4 rings (SSSR count). The predicted octanol–water partition coefficient (Wildman–Crippen LogP) is 6.55. The van der Waals surface area contributed by atoms with E-state index in [0.29, 0.717) is 29.8 Å². The molecule has 1 heterocycles. The molecule has 43 heavy (non-hydrogen) atoms. The summed E-state index contributed by atoms with van der Waals surface area (Å²) < 4.78 is 28.7. The van der Waals surface area contributed by atoms with Gasteiger partial charge < -0.3 is 10.2 Å². The normalized spacial score (nSPS) is 11.9. The van der Waals surface area contributed by atoms with Crippen molar-refractivity contribution in [3.8, 4) is 0 Å². The van der Waals surface area contributed by atoms with Crippen molar-refractivity contribution >= 4 is 39.1 Å². The Labute approximate surface area is 256 Å². The second-order valence-corrected chi connectivity index (χ2v) is 12.3. The number of hydrogen-bond acceptors (Lipinski definition) is 5. The van der Waals surface area contributed by atoms with Crippen LogP contribution in [0.2, 0.25) is 5.02 Å². The van der Waals surface area contributed by atoms with Crippen LogP contribution in [0.1, 0.15) is 51.9 Å². The molecule has 2 N–H and O–H groups in total. The van der Waals surface area contributed by atoms with E-state index in [1.165, 1.54) is 40.7 Å². The Hall–Kier alpha value is -4.31. The number of carboxylic acid groups (broad SMARTS) is 2. The number of aromatic carboxylic acids is 1. The number of halogens is 1. The Morgan fingerprint density at radius 2 is 1.49 bits per heavy atom. The number of benzene rings is 3. The molecule has 222 valence electrons. The van der Waals surface area contributed by atoms with Crippen LogP contribution in [-0.4, -0.2) is 46.4 Å². The molecule has 0 aliphatic rings. The summed E-state index contributed by atoms with van der Waals surface area (Å²) in [6, 6.07) is 23.8. The van der Waals surface area contributed by atoms with E-state index in [-0.39, 0.29) is 30.0 Å². The summed E-state index contributed by atoms with van der Waals surface area (Å²) in [5.74, 6) is -1.88. The number of hydrogen-bond donors (Lipinski definition) is 2. The summed E-state index contributed by atoms with van der Waals surface area (Å²) in [7, 11) is -3.89. The number of carboxylic acids is 2. The summed E-state index contributed by atoms with van der Waals surface area (Å²) in [6.07, 6.45) is 7.13. The second kappa shape index (κ2) is 14.7. The van der Waals surface area contributed by atoms with Crippen molar-refractivity contribution in [1.29, 1.82) is 0 Å². The van der Waals surface area contributed by atoms with E-state index in [1.807, 2.05) is 42.5 Å². The molecule has 0 saturated heterocycles. The van der Waals surface area contributed by atoms with Gasteiger partial charge in [-0.2, -0.15) is 4.31 Å². The molecule has 4 aromatic rings. The zero-order valence-electron chi connectivity index (χ0n) is 23.3. The highest BCUT2D eigenvalue weighted by Gasteiger charge is 2.25. The molecular weight excluding hydrogens is 588 g/mol. The van der Waals surface area contributed by atoms with Crippen LogP contribution in [0.15, 0.2) is 108 Å². The number of aromatic nitrogens is 1. The van der Waals surface area contributed by atoms with Gasteiger partial charge in [0.1, 0.15) is 0 Å². The van der Waals surface area contributed by atoms with Gasteiger partial charge in [0.2, 0.25) is 10.0 Å². The maximum atomic E-state index is 13.7. The third-order valence-electron chi connectivity index (χ3n) is 6.84. The van der Waals surface area contributed by atoms with Crippen LogP contribution in [-0.2, 0) is 27.8 Å². The number of sulfonamides is 1. The SMILES string of the molecule is O=C(O)CCC/C=C(\c1ccc(CCN(Cc2ccc(C(=O)O)cc2)S(=O)(=O)c2ccc(Cl)cc2)cc1)c1cccnc1. The summed E-state index contributed by atoms with van der Waals surface area (Å²) >= 11 is 5.99. The van der Waals surface area contributed by atoms with Crippen molar-refractivity contribution in [2.24, 2.45) is 0 Å². The molecular formula is C33H31ClN2O6S. The first-order valence-electron chi connectivity index (χ1n) is 13.6. The van der Waals surface area contributed by atoms with Crippen LogP contribution in [0.5, 0.6) is 0 Å². The monoisotopic (exact) mass is 618 g/mol. The molecule has 0 fully saturated rings. The van der Waals surface area contributed by atoms with Crippen molar-refractivity contribution in [2.45, 2.75) is 37.1 Å². The summed E-state index contributed by atoms with van der Waals surface area (Å²) in [5, 5.41) is 18.6. The molecule has 0 aliphatic heterocycles. The van der Waals surface area contributed by atoms with Gasteiger partial charge in [0.25, 0.3) is 0 Å². The maximum absolute atomic E-state index is 13.7. The van der Waals surface area contributed by atoms with Gasteiger partial charge in [0, 0.05) is 42.5 Å². The average Bonchev–Trinajstić information content (AvgIpc) is 3.00. The fraction of sp³-hybridized carbons (Fsp3) is 0.182. The number of nitrogens with zero attached hydrogens (tertiary/aromatic N) is 2. The van der Waals surface area contributed by atoms with Crippen LogP contribution >= 0.6 is 11.6 Å². The average molecular weight is 619 g/mol. The summed E-state index contributed by atoms with van der Waals surface area (Å²) in [4.78, 5) is 26.5. The molecule has 0 bridgehead atoms. The standard InChI is InChI=1S/C33H31ClN2O6S/c34-29-15-17-30(18-16-29)43(41,42)36(23-25-9-13-27(14-10-25)33(39)40)21-19-24-7-11-26(12-8-24)31(5-1-2-6-32(37)38)28-4-3-20-35-22-28/h3-5,7-18,20,22H,1-2,6,19,21,23H2,(H,37,38)(H,39,40)/b31-5+. The third-order valence-corrected chi connectivity index (χ3v) is 8.95. The molecule has 10 heteroatoms. The lowest BCUT2D eigenvalue weighted by molar-refractivity contribution is -0.137. The summed E-state index contributed by atoms with van der Waals surface area (Å²) in [5.41, 5.74) is 4.51. The van der Waals surface area contributed by atoms with E-state index in [1.54, 1.807) is 24.5 Å². The summed E-state index contributed by atoms with van der Waals surface area (Å²) in [6.45, 7) is 0.249. The Morgan fingerprint density at radius 1 is 0.837 bits per heavy atom. The van der Waals surface area contributed by atoms with Crippen molar-refractivity contribution < 1.29 is 28.2 Å².